The summed E-state index contributed by atoms with van der Waals surface area (Å²) in [5.41, 5.74) is 0.727. The number of carbonyl (C=O) groups excluding carboxylic acids is 1. The zero-order chi connectivity index (χ0) is 13.0. The normalized spacial score (nSPS) is 17.0. The van der Waals surface area contributed by atoms with Crippen LogP contribution in [0, 0.1) is 11.8 Å². The molecule has 0 spiro atoms. The maximum Gasteiger partial charge on any atom is 0.169 e. The smallest absolute Gasteiger partial charge is 0.169 e. The van der Waals surface area contributed by atoms with E-state index < -0.39 is 0 Å². The number of nitrogens with one attached hydrogen (secondary N) is 1. The molecule has 1 aliphatic heterocycles. The molecule has 1 heterocycles. The van der Waals surface area contributed by atoms with Gasteiger partial charge in [-0.1, -0.05) is 26.0 Å². The first-order chi connectivity index (χ1) is 8.74. The van der Waals surface area contributed by atoms with Crippen molar-refractivity contribution in [3.05, 3.63) is 29.8 Å². The average Bonchev–Trinajstić information content (AvgIpc) is 2.33. The Balaban J connectivity index is 2.12. The Morgan fingerprint density at radius 3 is 2.78 bits per heavy atom. The van der Waals surface area contributed by atoms with Gasteiger partial charge in [-0.25, -0.2) is 0 Å². The van der Waals surface area contributed by atoms with Gasteiger partial charge >= 0.3 is 0 Å². The molecule has 1 aliphatic rings. The lowest BCUT2D eigenvalue weighted by molar-refractivity contribution is 0.0850. The molecule has 3 heteroatoms. The second-order valence-corrected chi connectivity index (χ2v) is 4.92. The van der Waals surface area contributed by atoms with Gasteiger partial charge < -0.3 is 10.1 Å². The van der Waals surface area contributed by atoms with Gasteiger partial charge in [0.15, 0.2) is 5.78 Å². The van der Waals surface area contributed by atoms with Crippen LogP contribution in [0.2, 0.25) is 0 Å². The number of hydrogen-bond donors (Lipinski definition) is 1. The summed E-state index contributed by atoms with van der Waals surface area (Å²) in [5, 5.41) is 3.21. The van der Waals surface area contributed by atoms with Crippen LogP contribution in [-0.4, -0.2) is 25.5 Å². The fourth-order valence-electron chi connectivity index (χ4n) is 2.13. The fraction of sp³-hybridized carbons (Fsp3) is 0.533. The molecule has 2 rings (SSSR count). The molecular formula is C15H21NO2. The Labute approximate surface area is 109 Å². The number of ketones is 1. The third kappa shape index (κ3) is 2.72. The van der Waals surface area contributed by atoms with Crippen LogP contribution in [0.25, 0.3) is 0 Å². The number of benzene rings is 1. The molecule has 0 amide bonds. The summed E-state index contributed by atoms with van der Waals surface area (Å²) < 4.78 is 5.65. The van der Waals surface area contributed by atoms with Crippen molar-refractivity contribution in [2.45, 2.75) is 20.3 Å². The van der Waals surface area contributed by atoms with Crippen LogP contribution in [0.1, 0.15) is 30.6 Å². The van der Waals surface area contributed by atoms with Gasteiger partial charge in [0.05, 0.1) is 12.2 Å². The third-order valence-corrected chi connectivity index (χ3v) is 3.55. The standard InChI is InChI=1S/C15H21NO2/c1-3-8-18-14-7-5-4-6-13(14)15(17)11(2)12-9-16-10-12/h4-7,11-12,16H,3,8-10H2,1-2H3. The van der Waals surface area contributed by atoms with Crippen LogP contribution in [0.3, 0.4) is 0 Å². The van der Waals surface area contributed by atoms with Gasteiger partial charge in [-0.05, 0) is 37.6 Å². The first-order valence-corrected chi connectivity index (χ1v) is 6.70. The van der Waals surface area contributed by atoms with Gasteiger partial charge in [-0.3, -0.25) is 4.79 Å². The highest BCUT2D eigenvalue weighted by molar-refractivity contribution is 6.00. The summed E-state index contributed by atoms with van der Waals surface area (Å²) in [6, 6.07) is 7.57. The quantitative estimate of drug-likeness (QED) is 0.785. The third-order valence-electron chi connectivity index (χ3n) is 3.55. The number of ether oxygens (including phenoxy) is 1. The monoisotopic (exact) mass is 247 g/mol. The van der Waals surface area contributed by atoms with Crippen LogP contribution in [0.15, 0.2) is 24.3 Å². The van der Waals surface area contributed by atoms with Crippen molar-refractivity contribution >= 4 is 5.78 Å². The molecule has 0 radical (unpaired) electrons. The van der Waals surface area contributed by atoms with Crippen molar-refractivity contribution in [3.8, 4) is 5.75 Å². The molecule has 0 bridgehead atoms. The summed E-state index contributed by atoms with van der Waals surface area (Å²) in [4.78, 5) is 12.5. The van der Waals surface area contributed by atoms with E-state index in [1.807, 2.05) is 31.2 Å². The molecule has 1 atom stereocenters. The Bertz CT molecular complexity index is 413. The minimum Gasteiger partial charge on any atom is -0.493 e. The predicted molar refractivity (Wildman–Crippen MR) is 72.1 cm³/mol. The lowest BCUT2D eigenvalue weighted by Crippen LogP contribution is -2.47. The molecule has 0 saturated carbocycles. The largest absolute Gasteiger partial charge is 0.493 e. The van der Waals surface area contributed by atoms with Crippen LogP contribution in [-0.2, 0) is 0 Å². The molecule has 1 aromatic carbocycles. The Hall–Kier alpha value is -1.35. The SMILES string of the molecule is CCCOc1ccccc1C(=O)C(C)C1CNC1. The maximum absolute atomic E-state index is 12.5. The summed E-state index contributed by atoms with van der Waals surface area (Å²) in [5.74, 6) is 1.46. The van der Waals surface area contributed by atoms with Gasteiger partial charge in [0.25, 0.3) is 0 Å². The van der Waals surface area contributed by atoms with Crippen LogP contribution in [0.5, 0.6) is 5.75 Å². The molecule has 0 aromatic heterocycles. The molecule has 1 aromatic rings. The van der Waals surface area contributed by atoms with E-state index in [-0.39, 0.29) is 11.7 Å². The molecule has 3 nitrogen and oxygen atoms in total. The number of rotatable bonds is 6. The summed E-state index contributed by atoms with van der Waals surface area (Å²) in [6.45, 7) is 6.64. The molecule has 1 unspecified atom stereocenters. The topological polar surface area (TPSA) is 38.3 Å². The van der Waals surface area contributed by atoms with E-state index in [0.717, 1.165) is 30.8 Å². The lowest BCUT2D eigenvalue weighted by atomic mass is 9.83. The lowest BCUT2D eigenvalue weighted by Gasteiger charge is -2.32. The van der Waals surface area contributed by atoms with Crippen molar-refractivity contribution in [2.75, 3.05) is 19.7 Å². The average molecular weight is 247 g/mol. The minimum absolute atomic E-state index is 0.0672. The van der Waals surface area contributed by atoms with Crippen molar-refractivity contribution in [1.29, 1.82) is 0 Å². The molecule has 98 valence electrons. The van der Waals surface area contributed by atoms with E-state index in [0.29, 0.717) is 12.5 Å². The highest BCUT2D eigenvalue weighted by Crippen LogP contribution is 2.26. The van der Waals surface area contributed by atoms with Gasteiger partial charge in [0.1, 0.15) is 5.75 Å². The van der Waals surface area contributed by atoms with Crippen molar-refractivity contribution < 1.29 is 9.53 Å². The molecule has 18 heavy (non-hydrogen) atoms. The van der Waals surface area contributed by atoms with E-state index in [4.69, 9.17) is 4.74 Å². The predicted octanol–water partition coefficient (Wildman–Crippen LogP) is 2.51. The molecule has 0 aliphatic carbocycles. The Kier molecular flexibility index (Phi) is 4.37. The fourth-order valence-corrected chi connectivity index (χ4v) is 2.13. The van der Waals surface area contributed by atoms with E-state index >= 15 is 0 Å². The van der Waals surface area contributed by atoms with E-state index in [1.54, 1.807) is 0 Å². The second kappa shape index (κ2) is 6.01. The molecular weight excluding hydrogens is 226 g/mol. The summed E-state index contributed by atoms with van der Waals surface area (Å²) in [6.07, 6.45) is 0.949. The summed E-state index contributed by atoms with van der Waals surface area (Å²) in [7, 11) is 0. The van der Waals surface area contributed by atoms with E-state index in [1.165, 1.54) is 0 Å². The molecule has 1 N–H and O–H groups in total. The van der Waals surface area contributed by atoms with Crippen LogP contribution >= 0.6 is 0 Å². The minimum atomic E-state index is 0.0672. The van der Waals surface area contributed by atoms with Gasteiger partial charge in [0, 0.05) is 5.92 Å². The number of hydrogen-bond acceptors (Lipinski definition) is 3. The van der Waals surface area contributed by atoms with Gasteiger partial charge in [-0.15, -0.1) is 0 Å². The zero-order valence-corrected chi connectivity index (χ0v) is 11.1. The van der Waals surface area contributed by atoms with Gasteiger partial charge in [0.2, 0.25) is 0 Å². The van der Waals surface area contributed by atoms with Gasteiger partial charge in [-0.2, -0.15) is 0 Å². The summed E-state index contributed by atoms with van der Waals surface area (Å²) >= 11 is 0. The van der Waals surface area contributed by atoms with Crippen LogP contribution in [0.4, 0.5) is 0 Å². The molecule has 1 fully saturated rings. The zero-order valence-electron chi connectivity index (χ0n) is 11.1. The second-order valence-electron chi connectivity index (χ2n) is 4.92. The van der Waals surface area contributed by atoms with E-state index in [9.17, 15) is 4.79 Å². The number of Topliss-reactive ketones (excluding diaryl/α,β-unsaturated/α-hetero) is 1. The first-order valence-electron chi connectivity index (χ1n) is 6.70. The van der Waals surface area contributed by atoms with Crippen molar-refractivity contribution in [2.24, 2.45) is 11.8 Å². The first kappa shape index (κ1) is 13.1. The Morgan fingerprint density at radius 1 is 1.44 bits per heavy atom. The highest BCUT2D eigenvalue weighted by Gasteiger charge is 2.30. The van der Waals surface area contributed by atoms with Crippen LogP contribution < -0.4 is 10.1 Å². The Morgan fingerprint density at radius 2 is 2.17 bits per heavy atom. The van der Waals surface area contributed by atoms with Crippen molar-refractivity contribution in [1.82, 2.24) is 5.32 Å². The van der Waals surface area contributed by atoms with E-state index in [2.05, 4.69) is 12.2 Å². The highest BCUT2D eigenvalue weighted by atomic mass is 16.5. The number of carbonyl (C=O) groups is 1. The van der Waals surface area contributed by atoms with Crippen molar-refractivity contribution in [3.63, 3.8) is 0 Å². The molecule has 1 saturated heterocycles. The maximum atomic E-state index is 12.5. The number of para-hydroxylation sites is 1.